The zero-order valence-corrected chi connectivity index (χ0v) is 8.49. The molecule has 0 heterocycles. The van der Waals surface area contributed by atoms with Gasteiger partial charge in [0.05, 0.1) is 0 Å². The molecule has 3 nitrogen and oxygen atoms in total. The van der Waals surface area contributed by atoms with Crippen molar-refractivity contribution in [2.24, 2.45) is 0 Å². The first-order valence-electron chi connectivity index (χ1n) is 4.71. The lowest BCUT2D eigenvalue weighted by atomic mass is 10.3. The Bertz CT molecular complexity index is 285. The lowest BCUT2D eigenvalue weighted by Gasteiger charge is -2.17. The minimum absolute atomic E-state index is 0.0761. The normalized spacial score (nSPS) is 11.9. The first-order chi connectivity index (χ1) is 6.72. The van der Waals surface area contributed by atoms with Crippen molar-refractivity contribution < 1.29 is 9.53 Å². The molecular weight excluding hydrogens is 178 g/mol. The van der Waals surface area contributed by atoms with Crippen LogP contribution < -0.4 is 10.1 Å². The fraction of sp³-hybridized carbons (Fsp3) is 0.364. The molecule has 0 bridgehead atoms. The summed E-state index contributed by atoms with van der Waals surface area (Å²) in [4.78, 5) is 10.8. The molecule has 0 radical (unpaired) electrons. The molecule has 1 amide bonds. The van der Waals surface area contributed by atoms with Gasteiger partial charge in [0.25, 0.3) is 0 Å². The standard InChI is InChI=1S/C11H15NO2/c1-3-11(12-9(2)13)14-10-7-5-4-6-8-10/h4-8,11H,3H2,1-2H3,(H,12,13). The number of hydrogen-bond donors (Lipinski definition) is 1. The highest BCUT2D eigenvalue weighted by atomic mass is 16.5. The second kappa shape index (κ2) is 5.27. The monoisotopic (exact) mass is 193 g/mol. The molecule has 1 unspecified atom stereocenters. The van der Waals surface area contributed by atoms with E-state index in [1.807, 2.05) is 37.3 Å². The molecule has 0 saturated carbocycles. The highest BCUT2D eigenvalue weighted by Gasteiger charge is 2.07. The van der Waals surface area contributed by atoms with Crippen molar-refractivity contribution in [2.75, 3.05) is 0 Å². The van der Waals surface area contributed by atoms with Crippen LogP contribution in [0.3, 0.4) is 0 Å². The number of nitrogens with one attached hydrogen (secondary N) is 1. The summed E-state index contributed by atoms with van der Waals surface area (Å²) in [6.45, 7) is 3.44. The van der Waals surface area contributed by atoms with E-state index in [-0.39, 0.29) is 12.1 Å². The Balaban J connectivity index is 2.53. The van der Waals surface area contributed by atoms with Crippen LogP contribution in [0.25, 0.3) is 0 Å². The van der Waals surface area contributed by atoms with E-state index in [0.717, 1.165) is 12.2 Å². The van der Waals surface area contributed by atoms with Crippen LogP contribution >= 0.6 is 0 Å². The Morgan fingerprint density at radius 3 is 2.57 bits per heavy atom. The Morgan fingerprint density at radius 2 is 2.07 bits per heavy atom. The Labute approximate surface area is 84.1 Å². The lowest BCUT2D eigenvalue weighted by Crippen LogP contribution is -2.37. The molecule has 0 spiro atoms. The van der Waals surface area contributed by atoms with Crippen molar-refractivity contribution in [3.05, 3.63) is 30.3 Å². The molecule has 1 aromatic carbocycles. The Morgan fingerprint density at radius 1 is 1.43 bits per heavy atom. The van der Waals surface area contributed by atoms with Gasteiger partial charge in [-0.15, -0.1) is 0 Å². The summed E-state index contributed by atoms with van der Waals surface area (Å²) in [7, 11) is 0. The van der Waals surface area contributed by atoms with Crippen molar-refractivity contribution in [1.82, 2.24) is 5.32 Å². The number of carbonyl (C=O) groups is 1. The number of ether oxygens (including phenoxy) is 1. The number of benzene rings is 1. The van der Waals surface area contributed by atoms with Gasteiger partial charge in [0.1, 0.15) is 5.75 Å². The molecule has 1 rings (SSSR count). The third kappa shape index (κ3) is 3.47. The van der Waals surface area contributed by atoms with Gasteiger partial charge in [0.2, 0.25) is 5.91 Å². The van der Waals surface area contributed by atoms with Crippen LogP contribution in [0, 0.1) is 0 Å². The molecule has 0 aliphatic rings. The summed E-state index contributed by atoms with van der Waals surface area (Å²) in [5.74, 6) is 0.695. The van der Waals surface area contributed by atoms with Gasteiger partial charge < -0.3 is 10.1 Å². The predicted molar refractivity (Wildman–Crippen MR) is 55.0 cm³/mol. The van der Waals surface area contributed by atoms with E-state index in [4.69, 9.17) is 4.74 Å². The van der Waals surface area contributed by atoms with Crippen molar-refractivity contribution in [3.63, 3.8) is 0 Å². The van der Waals surface area contributed by atoms with Crippen LogP contribution in [-0.2, 0) is 4.79 Å². The maximum Gasteiger partial charge on any atom is 0.219 e. The molecule has 0 fully saturated rings. The van der Waals surface area contributed by atoms with Crippen LogP contribution in [-0.4, -0.2) is 12.1 Å². The fourth-order valence-electron chi connectivity index (χ4n) is 1.10. The van der Waals surface area contributed by atoms with Gasteiger partial charge in [-0.2, -0.15) is 0 Å². The number of hydrogen-bond acceptors (Lipinski definition) is 2. The molecule has 14 heavy (non-hydrogen) atoms. The summed E-state index contributed by atoms with van der Waals surface area (Å²) < 4.78 is 5.54. The molecule has 1 N–H and O–H groups in total. The third-order valence-electron chi connectivity index (χ3n) is 1.76. The second-order valence-corrected chi connectivity index (χ2v) is 3.03. The molecular formula is C11H15NO2. The van der Waals surface area contributed by atoms with E-state index in [1.165, 1.54) is 6.92 Å². The lowest BCUT2D eigenvalue weighted by molar-refractivity contribution is -0.121. The van der Waals surface area contributed by atoms with E-state index in [2.05, 4.69) is 5.32 Å². The molecule has 1 aromatic rings. The molecule has 0 saturated heterocycles. The Hall–Kier alpha value is -1.51. The van der Waals surface area contributed by atoms with Crippen molar-refractivity contribution in [2.45, 2.75) is 26.5 Å². The van der Waals surface area contributed by atoms with Gasteiger partial charge in [-0.25, -0.2) is 0 Å². The molecule has 0 aliphatic carbocycles. The van der Waals surface area contributed by atoms with Crippen molar-refractivity contribution in [3.8, 4) is 5.75 Å². The van der Waals surface area contributed by atoms with Crippen molar-refractivity contribution >= 4 is 5.91 Å². The van der Waals surface area contributed by atoms with Gasteiger partial charge in [-0.1, -0.05) is 25.1 Å². The van der Waals surface area contributed by atoms with Gasteiger partial charge in [-0.05, 0) is 12.1 Å². The minimum atomic E-state index is -0.241. The Kier molecular flexibility index (Phi) is 3.98. The minimum Gasteiger partial charge on any atom is -0.471 e. The zero-order valence-electron chi connectivity index (χ0n) is 8.49. The van der Waals surface area contributed by atoms with Crippen molar-refractivity contribution in [1.29, 1.82) is 0 Å². The van der Waals surface area contributed by atoms with Crippen LogP contribution in [0.4, 0.5) is 0 Å². The third-order valence-corrected chi connectivity index (χ3v) is 1.76. The first-order valence-corrected chi connectivity index (χ1v) is 4.71. The SMILES string of the molecule is CCC(NC(C)=O)Oc1ccccc1. The maximum atomic E-state index is 10.8. The highest BCUT2D eigenvalue weighted by molar-refractivity contribution is 5.73. The summed E-state index contributed by atoms with van der Waals surface area (Å²) in [6.07, 6.45) is 0.504. The fourth-order valence-corrected chi connectivity index (χ4v) is 1.10. The van der Waals surface area contributed by atoms with Gasteiger partial charge in [-0.3, -0.25) is 4.79 Å². The first kappa shape index (κ1) is 10.6. The molecule has 76 valence electrons. The average molecular weight is 193 g/mol. The van der Waals surface area contributed by atoms with Gasteiger partial charge in [0.15, 0.2) is 6.23 Å². The molecule has 0 aliphatic heterocycles. The quantitative estimate of drug-likeness (QED) is 0.742. The van der Waals surface area contributed by atoms with Crippen LogP contribution in [0.5, 0.6) is 5.75 Å². The highest BCUT2D eigenvalue weighted by Crippen LogP contribution is 2.10. The van der Waals surface area contributed by atoms with Gasteiger partial charge >= 0.3 is 0 Å². The largest absolute Gasteiger partial charge is 0.471 e. The van der Waals surface area contributed by atoms with E-state index < -0.39 is 0 Å². The summed E-state index contributed by atoms with van der Waals surface area (Å²) >= 11 is 0. The van der Waals surface area contributed by atoms with E-state index in [1.54, 1.807) is 0 Å². The average Bonchev–Trinajstić information content (AvgIpc) is 2.17. The van der Waals surface area contributed by atoms with Crippen LogP contribution in [0.2, 0.25) is 0 Å². The molecule has 3 heteroatoms. The number of carbonyl (C=O) groups excluding carboxylic acids is 1. The van der Waals surface area contributed by atoms with E-state index in [9.17, 15) is 4.79 Å². The number of rotatable bonds is 4. The summed E-state index contributed by atoms with van der Waals surface area (Å²) in [6, 6.07) is 9.45. The zero-order chi connectivity index (χ0) is 10.4. The summed E-state index contributed by atoms with van der Waals surface area (Å²) in [5.41, 5.74) is 0. The van der Waals surface area contributed by atoms with E-state index in [0.29, 0.717) is 0 Å². The number of amides is 1. The van der Waals surface area contributed by atoms with Crippen LogP contribution in [0.1, 0.15) is 20.3 Å². The molecule has 0 aromatic heterocycles. The predicted octanol–water partition coefficient (Wildman–Crippen LogP) is 1.94. The van der Waals surface area contributed by atoms with Gasteiger partial charge in [0, 0.05) is 13.3 Å². The second-order valence-electron chi connectivity index (χ2n) is 3.03. The van der Waals surface area contributed by atoms with E-state index >= 15 is 0 Å². The smallest absolute Gasteiger partial charge is 0.219 e. The number of para-hydroxylation sites is 1. The maximum absolute atomic E-state index is 10.8. The topological polar surface area (TPSA) is 38.3 Å². The summed E-state index contributed by atoms with van der Waals surface area (Å²) in [5, 5.41) is 2.72. The van der Waals surface area contributed by atoms with Crippen LogP contribution in [0.15, 0.2) is 30.3 Å². The molecule has 1 atom stereocenters.